The van der Waals surface area contributed by atoms with Crippen molar-refractivity contribution in [2.45, 2.75) is 38.8 Å². The molecule has 0 radical (unpaired) electrons. The van der Waals surface area contributed by atoms with E-state index in [1.54, 1.807) is 7.05 Å². The number of halogens is 3. The van der Waals surface area contributed by atoms with Gasteiger partial charge in [0.25, 0.3) is 0 Å². The molecule has 1 rings (SSSR count). The number of ether oxygens (including phenoxy) is 2. The van der Waals surface area contributed by atoms with E-state index in [4.69, 9.17) is 9.47 Å². The maximum Gasteiger partial charge on any atom is 0.416 e. The van der Waals surface area contributed by atoms with Gasteiger partial charge in [-0.15, -0.1) is 0 Å². The molecule has 0 saturated heterocycles. The Labute approximate surface area is 123 Å². The number of benzene rings is 1. The Hall–Kier alpha value is -1.11. The zero-order valence-electron chi connectivity index (χ0n) is 12.5. The first-order chi connectivity index (χ1) is 9.92. The van der Waals surface area contributed by atoms with Gasteiger partial charge in [0.1, 0.15) is 0 Å². The summed E-state index contributed by atoms with van der Waals surface area (Å²) in [7, 11) is 1.78. The van der Waals surface area contributed by atoms with E-state index < -0.39 is 18.0 Å². The van der Waals surface area contributed by atoms with Crippen LogP contribution in [0.1, 0.15) is 25.0 Å². The number of likely N-dealkylation sites (N-methyl/N-ethyl adjacent to an activating group) is 1. The lowest BCUT2D eigenvalue weighted by atomic mass is 10.0. The topological polar surface area (TPSA) is 30.5 Å². The molecule has 1 N–H and O–H groups in total. The van der Waals surface area contributed by atoms with E-state index in [1.807, 2.05) is 13.8 Å². The van der Waals surface area contributed by atoms with E-state index >= 15 is 0 Å². The Morgan fingerprint density at radius 1 is 1.05 bits per heavy atom. The molecule has 6 heteroatoms. The summed E-state index contributed by atoms with van der Waals surface area (Å²) in [6.07, 6.45) is -4.20. The molecule has 0 amide bonds. The van der Waals surface area contributed by atoms with E-state index in [2.05, 4.69) is 5.32 Å². The molecule has 0 saturated carbocycles. The van der Waals surface area contributed by atoms with Crippen LogP contribution in [0.15, 0.2) is 24.3 Å². The molecule has 0 aliphatic carbocycles. The van der Waals surface area contributed by atoms with Crippen molar-refractivity contribution in [3.63, 3.8) is 0 Å². The van der Waals surface area contributed by atoms with Gasteiger partial charge in [0.2, 0.25) is 0 Å². The highest BCUT2D eigenvalue weighted by atomic mass is 19.4. The maximum atomic E-state index is 12.5. The van der Waals surface area contributed by atoms with E-state index in [-0.39, 0.29) is 6.04 Å². The second-order valence-electron chi connectivity index (χ2n) is 4.57. The van der Waals surface area contributed by atoms with Crippen molar-refractivity contribution in [2.24, 2.45) is 0 Å². The third-order valence-electron chi connectivity index (χ3n) is 3.10. The molecular weight excluding hydrogens is 283 g/mol. The lowest BCUT2D eigenvalue weighted by Crippen LogP contribution is -2.42. The van der Waals surface area contributed by atoms with E-state index in [0.29, 0.717) is 19.6 Å². The first-order valence-corrected chi connectivity index (χ1v) is 6.99. The third-order valence-corrected chi connectivity index (χ3v) is 3.10. The summed E-state index contributed by atoms with van der Waals surface area (Å²) >= 11 is 0. The lowest BCUT2D eigenvalue weighted by molar-refractivity contribution is -0.152. The van der Waals surface area contributed by atoms with Crippen LogP contribution in [-0.4, -0.2) is 32.6 Å². The maximum absolute atomic E-state index is 12.5. The van der Waals surface area contributed by atoms with Crippen molar-refractivity contribution in [2.75, 3.05) is 20.3 Å². The van der Waals surface area contributed by atoms with Crippen LogP contribution in [-0.2, 0) is 22.1 Å². The summed E-state index contributed by atoms with van der Waals surface area (Å²) in [5.74, 6) is 0. The van der Waals surface area contributed by atoms with E-state index in [1.165, 1.54) is 12.1 Å². The lowest BCUT2D eigenvalue weighted by Gasteiger charge is -2.26. The highest BCUT2D eigenvalue weighted by molar-refractivity contribution is 5.25. The molecule has 1 aromatic carbocycles. The van der Waals surface area contributed by atoms with Gasteiger partial charge >= 0.3 is 6.18 Å². The van der Waals surface area contributed by atoms with Crippen molar-refractivity contribution in [1.82, 2.24) is 5.32 Å². The second-order valence-corrected chi connectivity index (χ2v) is 4.57. The first kappa shape index (κ1) is 17.9. The molecule has 0 fully saturated rings. The molecule has 1 atom stereocenters. The molecule has 0 aromatic heterocycles. The van der Waals surface area contributed by atoms with Gasteiger partial charge in [-0.2, -0.15) is 13.2 Å². The highest BCUT2D eigenvalue weighted by Gasteiger charge is 2.30. The number of rotatable bonds is 8. The van der Waals surface area contributed by atoms with Crippen molar-refractivity contribution in [1.29, 1.82) is 0 Å². The summed E-state index contributed by atoms with van der Waals surface area (Å²) in [4.78, 5) is 0. The Morgan fingerprint density at radius 2 is 1.57 bits per heavy atom. The van der Waals surface area contributed by atoms with Gasteiger partial charge in [-0.1, -0.05) is 12.1 Å². The molecule has 0 bridgehead atoms. The standard InChI is InChI=1S/C15H22F3NO2/c1-4-20-14(21-5-2)13(19-3)10-11-6-8-12(9-7-11)15(16,17)18/h6-9,13-14,19H,4-5,10H2,1-3H3. The van der Waals surface area contributed by atoms with E-state index in [9.17, 15) is 13.2 Å². The van der Waals surface area contributed by atoms with Gasteiger partial charge in [-0.25, -0.2) is 0 Å². The molecular formula is C15H22F3NO2. The molecule has 0 aliphatic rings. The average molecular weight is 305 g/mol. The third kappa shape index (κ3) is 5.65. The number of nitrogens with one attached hydrogen (secondary N) is 1. The van der Waals surface area contributed by atoms with Crippen molar-refractivity contribution >= 4 is 0 Å². The fourth-order valence-electron chi connectivity index (χ4n) is 2.03. The van der Waals surface area contributed by atoms with Crippen LogP contribution in [0.25, 0.3) is 0 Å². The van der Waals surface area contributed by atoms with Crippen LogP contribution in [0.4, 0.5) is 13.2 Å². The zero-order valence-corrected chi connectivity index (χ0v) is 12.5. The molecule has 0 heterocycles. The van der Waals surface area contributed by atoms with Gasteiger partial charge < -0.3 is 14.8 Å². The predicted octanol–water partition coefficient (Wildman–Crippen LogP) is 3.24. The Kier molecular flexibility index (Phi) is 7.14. The summed E-state index contributed by atoms with van der Waals surface area (Å²) in [5.41, 5.74) is 0.158. The average Bonchev–Trinajstić information content (AvgIpc) is 2.44. The van der Waals surface area contributed by atoms with E-state index in [0.717, 1.165) is 17.7 Å². The van der Waals surface area contributed by atoms with Crippen LogP contribution < -0.4 is 5.32 Å². The summed E-state index contributed by atoms with van der Waals surface area (Å²) in [6.45, 7) is 4.76. The Bertz CT molecular complexity index is 400. The second kappa shape index (κ2) is 8.36. The van der Waals surface area contributed by atoms with Gasteiger partial charge in [0.05, 0.1) is 11.6 Å². The molecule has 3 nitrogen and oxygen atoms in total. The fourth-order valence-corrected chi connectivity index (χ4v) is 2.03. The van der Waals surface area contributed by atoms with Gasteiger partial charge in [0.15, 0.2) is 6.29 Å². The summed E-state index contributed by atoms with van der Waals surface area (Å²) < 4.78 is 48.6. The van der Waals surface area contributed by atoms with Crippen LogP contribution in [0, 0.1) is 0 Å². The minimum Gasteiger partial charge on any atom is -0.351 e. The summed E-state index contributed by atoms with van der Waals surface area (Å²) in [6, 6.07) is 5.04. The molecule has 0 aliphatic heterocycles. The smallest absolute Gasteiger partial charge is 0.351 e. The van der Waals surface area contributed by atoms with Crippen molar-refractivity contribution in [3.05, 3.63) is 35.4 Å². The SMILES string of the molecule is CCOC(OCC)C(Cc1ccc(C(F)(F)F)cc1)NC. The Morgan fingerprint density at radius 3 is 1.95 bits per heavy atom. The van der Waals surface area contributed by atoms with Crippen molar-refractivity contribution in [3.8, 4) is 0 Å². The number of hydrogen-bond donors (Lipinski definition) is 1. The fraction of sp³-hybridized carbons (Fsp3) is 0.600. The quantitative estimate of drug-likeness (QED) is 0.748. The highest BCUT2D eigenvalue weighted by Crippen LogP contribution is 2.29. The zero-order chi connectivity index (χ0) is 15.9. The van der Waals surface area contributed by atoms with Gasteiger partial charge in [0, 0.05) is 13.2 Å². The molecule has 1 unspecified atom stereocenters. The van der Waals surface area contributed by atoms with Crippen LogP contribution in [0.2, 0.25) is 0 Å². The molecule has 1 aromatic rings. The predicted molar refractivity (Wildman–Crippen MR) is 75.0 cm³/mol. The normalized spacial score (nSPS) is 13.7. The molecule has 0 spiro atoms. The van der Waals surface area contributed by atoms with Gasteiger partial charge in [-0.3, -0.25) is 0 Å². The minimum atomic E-state index is -4.31. The van der Waals surface area contributed by atoms with Crippen LogP contribution in [0.5, 0.6) is 0 Å². The minimum absolute atomic E-state index is 0.123. The first-order valence-electron chi connectivity index (χ1n) is 6.99. The van der Waals surface area contributed by atoms with Gasteiger partial charge in [-0.05, 0) is 45.0 Å². The molecule has 120 valence electrons. The summed E-state index contributed by atoms with van der Waals surface area (Å²) in [5, 5.41) is 3.09. The van der Waals surface area contributed by atoms with Crippen LogP contribution in [0.3, 0.4) is 0 Å². The Balaban J connectivity index is 2.76. The van der Waals surface area contributed by atoms with Crippen molar-refractivity contribution < 1.29 is 22.6 Å². The largest absolute Gasteiger partial charge is 0.416 e. The van der Waals surface area contributed by atoms with Crippen LogP contribution >= 0.6 is 0 Å². The monoisotopic (exact) mass is 305 g/mol. The molecule has 21 heavy (non-hydrogen) atoms. The number of hydrogen-bond acceptors (Lipinski definition) is 3. The number of alkyl halides is 3.